The van der Waals surface area contributed by atoms with E-state index in [1.807, 2.05) is 0 Å². The van der Waals surface area contributed by atoms with Gasteiger partial charge in [-0.15, -0.1) is 0 Å². The van der Waals surface area contributed by atoms with Crippen LogP contribution in [-0.2, 0) is 11.0 Å². The van der Waals surface area contributed by atoms with Crippen LogP contribution in [0.2, 0.25) is 0 Å². The topological polar surface area (TPSA) is 141 Å². The quantitative estimate of drug-likeness (QED) is 0.596. The van der Waals surface area contributed by atoms with Gasteiger partial charge < -0.3 is 11.1 Å². The summed E-state index contributed by atoms with van der Waals surface area (Å²) in [6.07, 6.45) is -5.00. The molecule has 0 aliphatic heterocycles. The van der Waals surface area contributed by atoms with Crippen molar-refractivity contribution in [3.05, 3.63) is 37.9 Å². The van der Waals surface area contributed by atoms with Gasteiger partial charge in [-0.3, -0.25) is 25.0 Å². The maximum atomic E-state index is 12.8. The lowest BCUT2D eigenvalue weighted by molar-refractivity contribution is -0.392. The van der Waals surface area contributed by atoms with Gasteiger partial charge in [-0.2, -0.15) is 13.2 Å². The Kier molecular flexibility index (Phi) is 5.02. The first-order chi connectivity index (χ1) is 10.8. The van der Waals surface area contributed by atoms with Crippen LogP contribution < -0.4 is 11.1 Å². The minimum Gasteiger partial charge on any atom is -0.373 e. The Morgan fingerprint density at radius 1 is 1.17 bits per heavy atom. The van der Waals surface area contributed by atoms with E-state index in [0.29, 0.717) is 0 Å². The van der Waals surface area contributed by atoms with Crippen LogP contribution in [0, 0.1) is 25.6 Å². The van der Waals surface area contributed by atoms with E-state index in [1.165, 1.54) is 13.8 Å². The summed E-state index contributed by atoms with van der Waals surface area (Å²) in [4.78, 5) is 30.9. The molecule has 132 valence electrons. The number of primary amides is 1. The number of halogens is 3. The summed E-state index contributed by atoms with van der Waals surface area (Å²) in [7, 11) is 0. The van der Waals surface area contributed by atoms with Gasteiger partial charge >= 0.3 is 6.18 Å². The predicted octanol–water partition coefficient (Wildman–Crippen LogP) is 2.45. The molecule has 0 fully saturated rings. The number of benzene rings is 1. The van der Waals surface area contributed by atoms with Crippen LogP contribution in [0.5, 0.6) is 0 Å². The molecule has 3 N–H and O–H groups in total. The van der Waals surface area contributed by atoms with Gasteiger partial charge in [0.1, 0.15) is 0 Å². The van der Waals surface area contributed by atoms with Gasteiger partial charge in [0, 0.05) is 18.7 Å². The molecular weight excluding hydrogens is 337 g/mol. The Morgan fingerprint density at radius 2 is 1.58 bits per heavy atom. The zero-order valence-corrected chi connectivity index (χ0v) is 12.5. The maximum Gasteiger partial charge on any atom is 0.416 e. The second-order valence-corrected chi connectivity index (χ2v) is 5.50. The number of nitrogens with one attached hydrogen (secondary N) is 1. The van der Waals surface area contributed by atoms with E-state index in [9.17, 15) is 38.2 Å². The standard InChI is InChI=1S/C12H13F3N4O5/c1-11(2,10(16)20)5-17-9-7(18(21)22)3-6(12(13,14)15)4-8(9)19(23)24/h3-4,17H,5H2,1-2H3,(H2,16,20). The van der Waals surface area contributed by atoms with E-state index in [-0.39, 0.29) is 18.7 Å². The first-order valence-electron chi connectivity index (χ1n) is 6.35. The molecule has 0 unspecified atom stereocenters. The third kappa shape index (κ3) is 4.08. The second-order valence-electron chi connectivity index (χ2n) is 5.50. The van der Waals surface area contributed by atoms with Crippen LogP contribution in [0.4, 0.5) is 30.2 Å². The predicted molar refractivity (Wildman–Crippen MR) is 76.2 cm³/mol. The highest BCUT2D eigenvalue weighted by Crippen LogP contribution is 2.41. The summed E-state index contributed by atoms with van der Waals surface area (Å²) in [5.41, 5.74) is -0.642. The zero-order valence-electron chi connectivity index (χ0n) is 12.5. The molecule has 0 radical (unpaired) electrons. The average molecular weight is 350 g/mol. The zero-order chi connectivity index (χ0) is 18.9. The van der Waals surface area contributed by atoms with E-state index >= 15 is 0 Å². The minimum absolute atomic E-state index is 0.187. The number of nitrogens with two attached hydrogens (primary N) is 1. The highest BCUT2D eigenvalue weighted by atomic mass is 19.4. The monoisotopic (exact) mass is 350 g/mol. The highest BCUT2D eigenvalue weighted by molar-refractivity contribution is 5.81. The number of hydrogen-bond donors (Lipinski definition) is 2. The smallest absolute Gasteiger partial charge is 0.373 e. The van der Waals surface area contributed by atoms with Crippen LogP contribution in [0.3, 0.4) is 0 Å². The molecule has 1 amide bonds. The molecule has 0 spiro atoms. The van der Waals surface area contributed by atoms with Gasteiger partial charge in [-0.05, 0) is 13.8 Å². The Balaban J connectivity index is 3.49. The SMILES string of the molecule is CC(C)(CNc1c([N+](=O)[O-])cc(C(F)(F)F)cc1[N+](=O)[O-])C(N)=O. The Bertz CT molecular complexity index is 667. The van der Waals surface area contributed by atoms with E-state index in [4.69, 9.17) is 5.73 Å². The molecule has 0 saturated carbocycles. The normalized spacial score (nSPS) is 11.9. The summed E-state index contributed by atoms with van der Waals surface area (Å²) in [6, 6.07) is 0.374. The number of carbonyl (C=O) groups excluding carboxylic acids is 1. The molecule has 0 atom stereocenters. The number of nitro benzene ring substituents is 2. The van der Waals surface area contributed by atoms with Gasteiger partial charge in [0.2, 0.25) is 5.91 Å². The molecule has 0 saturated heterocycles. The van der Waals surface area contributed by atoms with Gasteiger partial charge in [0.15, 0.2) is 5.69 Å². The Morgan fingerprint density at radius 3 is 1.88 bits per heavy atom. The molecule has 24 heavy (non-hydrogen) atoms. The number of alkyl halides is 3. The first kappa shape index (κ1) is 19.1. The molecule has 1 aromatic carbocycles. The molecule has 1 rings (SSSR count). The molecule has 0 bridgehead atoms. The van der Waals surface area contributed by atoms with Crippen molar-refractivity contribution in [2.24, 2.45) is 11.1 Å². The van der Waals surface area contributed by atoms with E-state index < -0.39 is 50.0 Å². The average Bonchev–Trinajstić information content (AvgIpc) is 2.42. The fourth-order valence-corrected chi connectivity index (χ4v) is 1.64. The Labute approximate surface area is 132 Å². The summed E-state index contributed by atoms with van der Waals surface area (Å²) in [5, 5.41) is 24.3. The van der Waals surface area contributed by atoms with Crippen molar-refractivity contribution in [3.63, 3.8) is 0 Å². The number of carbonyl (C=O) groups is 1. The van der Waals surface area contributed by atoms with E-state index in [2.05, 4.69) is 5.32 Å². The molecule has 12 heteroatoms. The molecular formula is C12H13F3N4O5. The van der Waals surface area contributed by atoms with Crippen LogP contribution in [0.15, 0.2) is 12.1 Å². The van der Waals surface area contributed by atoms with E-state index in [1.54, 1.807) is 0 Å². The molecule has 1 aromatic rings. The van der Waals surface area contributed by atoms with Crippen molar-refractivity contribution >= 4 is 23.0 Å². The second kappa shape index (κ2) is 6.29. The molecule has 0 aliphatic carbocycles. The van der Waals surface area contributed by atoms with Crippen molar-refractivity contribution in [2.45, 2.75) is 20.0 Å². The number of rotatable bonds is 6. The minimum atomic E-state index is -5.00. The third-order valence-electron chi connectivity index (χ3n) is 3.19. The third-order valence-corrected chi connectivity index (χ3v) is 3.19. The van der Waals surface area contributed by atoms with Crippen LogP contribution >= 0.6 is 0 Å². The molecule has 9 nitrogen and oxygen atoms in total. The summed E-state index contributed by atoms with van der Waals surface area (Å²) in [6.45, 7) is 2.38. The molecule has 0 aromatic heterocycles. The number of nitrogens with zero attached hydrogens (tertiary/aromatic N) is 2. The van der Waals surface area contributed by atoms with Crippen molar-refractivity contribution in [2.75, 3.05) is 11.9 Å². The van der Waals surface area contributed by atoms with Crippen molar-refractivity contribution in [1.29, 1.82) is 0 Å². The Hall–Kier alpha value is -2.92. The molecule has 0 aliphatic rings. The largest absolute Gasteiger partial charge is 0.416 e. The van der Waals surface area contributed by atoms with Crippen LogP contribution in [0.1, 0.15) is 19.4 Å². The summed E-state index contributed by atoms with van der Waals surface area (Å²) in [5.74, 6) is -0.799. The van der Waals surface area contributed by atoms with Gasteiger partial charge in [-0.1, -0.05) is 0 Å². The lowest BCUT2D eigenvalue weighted by Gasteiger charge is -2.21. The van der Waals surface area contributed by atoms with Crippen LogP contribution in [0.25, 0.3) is 0 Å². The lowest BCUT2D eigenvalue weighted by atomic mass is 9.92. The first-order valence-corrected chi connectivity index (χ1v) is 6.35. The van der Waals surface area contributed by atoms with Crippen molar-refractivity contribution in [1.82, 2.24) is 0 Å². The number of amides is 1. The number of nitro groups is 2. The van der Waals surface area contributed by atoms with Gasteiger partial charge in [0.25, 0.3) is 11.4 Å². The summed E-state index contributed by atoms with van der Waals surface area (Å²) < 4.78 is 38.3. The summed E-state index contributed by atoms with van der Waals surface area (Å²) >= 11 is 0. The fraction of sp³-hybridized carbons (Fsp3) is 0.417. The fourth-order valence-electron chi connectivity index (χ4n) is 1.64. The number of hydrogen-bond acceptors (Lipinski definition) is 6. The van der Waals surface area contributed by atoms with Crippen molar-refractivity contribution < 1.29 is 27.8 Å². The molecule has 0 heterocycles. The maximum absolute atomic E-state index is 12.8. The van der Waals surface area contributed by atoms with Gasteiger partial charge in [-0.25, -0.2) is 0 Å². The number of anilines is 1. The van der Waals surface area contributed by atoms with Gasteiger partial charge in [0.05, 0.1) is 20.8 Å². The van der Waals surface area contributed by atoms with Crippen LogP contribution in [-0.4, -0.2) is 22.3 Å². The van der Waals surface area contributed by atoms with Crippen molar-refractivity contribution in [3.8, 4) is 0 Å². The van der Waals surface area contributed by atoms with E-state index in [0.717, 1.165) is 0 Å². The highest BCUT2D eigenvalue weighted by Gasteiger charge is 2.38. The lowest BCUT2D eigenvalue weighted by Crippen LogP contribution is -2.37.